The predicted molar refractivity (Wildman–Crippen MR) is 79.1 cm³/mol. The van der Waals surface area contributed by atoms with Crippen molar-refractivity contribution in [2.24, 2.45) is 0 Å². The maximum atomic E-state index is 4.49. The number of nitrogens with one attached hydrogen (secondary N) is 1. The maximum Gasteiger partial charge on any atom is 0.138 e. The lowest BCUT2D eigenvalue weighted by molar-refractivity contribution is 1.26. The maximum absolute atomic E-state index is 4.49. The summed E-state index contributed by atoms with van der Waals surface area (Å²) in [5.41, 5.74) is 7.78. The van der Waals surface area contributed by atoms with Crippen LogP contribution in [0.25, 0.3) is 11.1 Å². The van der Waals surface area contributed by atoms with Gasteiger partial charge in [0.05, 0.1) is 0 Å². The molecule has 2 nitrogen and oxygen atoms in total. The van der Waals surface area contributed by atoms with Crippen molar-refractivity contribution in [3.8, 4) is 0 Å². The van der Waals surface area contributed by atoms with E-state index < -0.39 is 0 Å². The minimum atomic E-state index is 0.950. The van der Waals surface area contributed by atoms with Gasteiger partial charge in [-0.05, 0) is 42.7 Å². The number of allylic oxidation sites excluding steroid dienone is 4. The summed E-state index contributed by atoms with van der Waals surface area (Å²) >= 11 is 0. The number of anilines is 2. The molecule has 0 amide bonds. The largest absolute Gasteiger partial charge is 0.339 e. The Kier molecular flexibility index (Phi) is 2.12. The van der Waals surface area contributed by atoms with Crippen molar-refractivity contribution < 1.29 is 0 Å². The second kappa shape index (κ2) is 3.82. The van der Waals surface area contributed by atoms with E-state index in [2.05, 4.69) is 53.6 Å². The van der Waals surface area contributed by atoms with Crippen molar-refractivity contribution in [2.75, 3.05) is 5.32 Å². The number of hydrogen-bond acceptors (Lipinski definition) is 2. The third-order valence-electron chi connectivity index (χ3n) is 3.77. The van der Waals surface area contributed by atoms with Gasteiger partial charge in [-0.1, -0.05) is 29.8 Å². The summed E-state index contributed by atoms with van der Waals surface area (Å²) < 4.78 is 0. The summed E-state index contributed by atoms with van der Waals surface area (Å²) in [6, 6.07) is 12.6. The number of fused-ring (bicyclic) bond motifs is 4. The molecule has 2 heteroatoms. The van der Waals surface area contributed by atoms with Gasteiger partial charge in [-0.3, -0.25) is 0 Å². The van der Waals surface area contributed by atoms with Gasteiger partial charge in [0.1, 0.15) is 5.82 Å². The van der Waals surface area contributed by atoms with Gasteiger partial charge in [0.15, 0.2) is 0 Å². The van der Waals surface area contributed by atoms with E-state index in [1.165, 1.54) is 27.8 Å². The molecule has 19 heavy (non-hydrogen) atoms. The lowest BCUT2D eigenvalue weighted by Gasteiger charge is -2.10. The average Bonchev–Trinajstić information content (AvgIpc) is 2.76. The molecule has 0 radical (unpaired) electrons. The van der Waals surface area contributed by atoms with Crippen LogP contribution in [0.5, 0.6) is 0 Å². The van der Waals surface area contributed by atoms with Crippen LogP contribution in [0.3, 0.4) is 0 Å². The SMILES string of the molecule is CC1=CC2=C(C1)c1ccccc1Nc1ncccc12. The van der Waals surface area contributed by atoms with E-state index in [4.69, 9.17) is 0 Å². The van der Waals surface area contributed by atoms with Gasteiger partial charge < -0.3 is 5.32 Å². The van der Waals surface area contributed by atoms with E-state index in [0.29, 0.717) is 0 Å². The topological polar surface area (TPSA) is 24.9 Å². The second-order valence-corrected chi connectivity index (χ2v) is 5.13. The fraction of sp³-hybridized carbons (Fsp3) is 0.118. The first-order chi connectivity index (χ1) is 9.33. The van der Waals surface area contributed by atoms with Crippen LogP contribution >= 0.6 is 0 Å². The molecule has 0 unspecified atom stereocenters. The molecule has 1 aromatic heterocycles. The monoisotopic (exact) mass is 246 g/mol. The summed E-state index contributed by atoms with van der Waals surface area (Å²) in [4.78, 5) is 4.49. The molecule has 0 atom stereocenters. The molecule has 4 rings (SSSR count). The molecule has 0 spiro atoms. The van der Waals surface area contributed by atoms with E-state index in [1.807, 2.05) is 12.3 Å². The lowest BCUT2D eigenvalue weighted by atomic mass is 9.97. The summed E-state index contributed by atoms with van der Waals surface area (Å²) in [5, 5.41) is 3.46. The molecular weight excluding hydrogens is 232 g/mol. The standard InChI is InChI=1S/C17H14N2/c1-11-9-14-12-5-2-3-7-16(12)19-17-13(15(14)10-11)6-4-8-18-17/h2-8,10H,9H2,1H3,(H,18,19). The molecule has 0 bridgehead atoms. The molecule has 2 aliphatic rings. The van der Waals surface area contributed by atoms with Crippen molar-refractivity contribution in [2.45, 2.75) is 13.3 Å². The van der Waals surface area contributed by atoms with Crippen LogP contribution in [0.15, 0.2) is 54.2 Å². The smallest absolute Gasteiger partial charge is 0.138 e. The molecule has 2 heterocycles. The number of benzene rings is 1. The van der Waals surface area contributed by atoms with Gasteiger partial charge in [-0.15, -0.1) is 0 Å². The van der Waals surface area contributed by atoms with Crippen LogP contribution in [-0.4, -0.2) is 4.98 Å². The Labute approximate surface area is 112 Å². The fourth-order valence-electron chi connectivity index (χ4n) is 2.94. The molecule has 1 aromatic carbocycles. The molecular formula is C17H14N2. The normalized spacial score (nSPS) is 15.9. The summed E-state index contributed by atoms with van der Waals surface area (Å²) in [5.74, 6) is 0.950. The van der Waals surface area contributed by atoms with Crippen molar-refractivity contribution in [1.29, 1.82) is 0 Å². The minimum absolute atomic E-state index is 0.950. The zero-order valence-electron chi connectivity index (χ0n) is 10.8. The minimum Gasteiger partial charge on any atom is -0.339 e. The predicted octanol–water partition coefficient (Wildman–Crippen LogP) is 4.40. The third-order valence-corrected chi connectivity index (χ3v) is 3.77. The van der Waals surface area contributed by atoms with Crippen LogP contribution in [0.1, 0.15) is 24.5 Å². The first-order valence-electron chi connectivity index (χ1n) is 6.55. The molecule has 1 N–H and O–H groups in total. The zero-order chi connectivity index (χ0) is 12.8. The van der Waals surface area contributed by atoms with Gasteiger partial charge in [0.2, 0.25) is 0 Å². The van der Waals surface area contributed by atoms with Crippen LogP contribution < -0.4 is 5.32 Å². The number of hydrogen-bond donors (Lipinski definition) is 1. The first-order valence-corrected chi connectivity index (χ1v) is 6.55. The van der Waals surface area contributed by atoms with Crippen LogP contribution in [0.2, 0.25) is 0 Å². The summed E-state index contributed by atoms with van der Waals surface area (Å²) in [6.45, 7) is 2.20. The number of rotatable bonds is 0. The van der Waals surface area contributed by atoms with Gasteiger partial charge >= 0.3 is 0 Å². The fourth-order valence-corrected chi connectivity index (χ4v) is 2.94. The first kappa shape index (κ1) is 10.6. The Morgan fingerprint density at radius 1 is 1.05 bits per heavy atom. The quantitative estimate of drug-likeness (QED) is 0.745. The van der Waals surface area contributed by atoms with Crippen molar-refractivity contribution >= 4 is 22.7 Å². The van der Waals surface area contributed by atoms with E-state index in [1.54, 1.807) is 0 Å². The summed E-state index contributed by atoms with van der Waals surface area (Å²) in [6.07, 6.45) is 5.16. The number of para-hydroxylation sites is 1. The van der Waals surface area contributed by atoms with Crippen molar-refractivity contribution in [3.63, 3.8) is 0 Å². The van der Waals surface area contributed by atoms with E-state index >= 15 is 0 Å². The van der Waals surface area contributed by atoms with Gasteiger partial charge in [-0.2, -0.15) is 0 Å². The highest BCUT2D eigenvalue weighted by atomic mass is 15.0. The lowest BCUT2D eigenvalue weighted by Crippen LogP contribution is -1.96. The highest BCUT2D eigenvalue weighted by Crippen LogP contribution is 2.45. The Hall–Kier alpha value is -2.35. The number of aromatic nitrogens is 1. The zero-order valence-corrected chi connectivity index (χ0v) is 10.8. The van der Waals surface area contributed by atoms with Crippen molar-refractivity contribution in [1.82, 2.24) is 4.98 Å². The second-order valence-electron chi connectivity index (χ2n) is 5.13. The van der Waals surface area contributed by atoms with Gasteiger partial charge in [0.25, 0.3) is 0 Å². The summed E-state index contributed by atoms with van der Waals surface area (Å²) in [7, 11) is 0. The van der Waals surface area contributed by atoms with Crippen LogP contribution in [0, 0.1) is 0 Å². The van der Waals surface area contributed by atoms with Crippen LogP contribution in [0.4, 0.5) is 11.5 Å². The van der Waals surface area contributed by atoms with Crippen molar-refractivity contribution in [3.05, 3.63) is 65.4 Å². The molecule has 1 aliphatic carbocycles. The highest BCUT2D eigenvalue weighted by molar-refractivity contribution is 6.06. The van der Waals surface area contributed by atoms with Gasteiger partial charge in [-0.25, -0.2) is 4.98 Å². The highest BCUT2D eigenvalue weighted by Gasteiger charge is 2.24. The molecule has 2 aromatic rings. The molecule has 0 fully saturated rings. The third kappa shape index (κ3) is 1.53. The molecule has 0 saturated heterocycles. The Bertz CT molecular complexity index is 738. The van der Waals surface area contributed by atoms with E-state index in [0.717, 1.165) is 17.9 Å². The average molecular weight is 246 g/mol. The van der Waals surface area contributed by atoms with Gasteiger partial charge in [0, 0.05) is 23.0 Å². The molecule has 92 valence electrons. The van der Waals surface area contributed by atoms with Crippen LogP contribution in [-0.2, 0) is 0 Å². The molecule has 1 aliphatic heterocycles. The number of nitrogens with zero attached hydrogens (tertiary/aromatic N) is 1. The number of pyridine rings is 1. The Morgan fingerprint density at radius 2 is 1.89 bits per heavy atom. The Morgan fingerprint density at radius 3 is 2.84 bits per heavy atom. The van der Waals surface area contributed by atoms with E-state index in [-0.39, 0.29) is 0 Å². The Balaban J connectivity index is 2.06. The molecule has 0 saturated carbocycles. The van der Waals surface area contributed by atoms with E-state index in [9.17, 15) is 0 Å².